The Labute approximate surface area is 180 Å². The van der Waals surface area contributed by atoms with Gasteiger partial charge in [0.15, 0.2) is 6.20 Å². The van der Waals surface area contributed by atoms with Crippen LogP contribution in [-0.2, 0) is 6.54 Å². The summed E-state index contributed by atoms with van der Waals surface area (Å²) in [5.41, 5.74) is 2.93. The smallest absolute Gasteiger partial charge is 0.227 e. The number of pyridine rings is 1. The highest BCUT2D eigenvalue weighted by atomic mass is 16.1. The van der Waals surface area contributed by atoms with E-state index in [1.165, 1.54) is 32.3 Å². The first-order valence-corrected chi connectivity index (χ1v) is 10.5. The lowest BCUT2D eigenvalue weighted by Crippen LogP contribution is -2.39. The maximum Gasteiger partial charge on any atom is 0.227 e. The van der Waals surface area contributed by atoms with Gasteiger partial charge in [0.05, 0.1) is 5.56 Å². The van der Waals surface area contributed by atoms with Crippen molar-refractivity contribution in [1.82, 2.24) is 0 Å². The molecule has 1 heterocycles. The average molecular weight is 398 g/mol. The van der Waals surface area contributed by atoms with Crippen LogP contribution in [0.5, 0.6) is 0 Å². The Morgan fingerprint density at radius 1 is 0.613 bits per heavy atom. The van der Waals surface area contributed by atoms with Crippen molar-refractivity contribution in [2.45, 2.75) is 6.54 Å². The topological polar surface area (TPSA) is 20.9 Å². The third kappa shape index (κ3) is 2.88. The minimum atomic E-state index is 0.107. The number of hydrogen-bond donors (Lipinski definition) is 0. The van der Waals surface area contributed by atoms with Crippen molar-refractivity contribution in [3.63, 3.8) is 0 Å². The van der Waals surface area contributed by atoms with E-state index in [1.807, 2.05) is 48.7 Å². The van der Waals surface area contributed by atoms with Crippen LogP contribution >= 0.6 is 0 Å². The first-order valence-electron chi connectivity index (χ1n) is 10.5. The van der Waals surface area contributed by atoms with Gasteiger partial charge < -0.3 is 0 Å². The molecule has 6 rings (SSSR count). The molecule has 1 aromatic heterocycles. The summed E-state index contributed by atoms with van der Waals surface area (Å²) in [4.78, 5) is 12.9. The Balaban J connectivity index is 1.55. The normalized spacial score (nSPS) is 11.5. The largest absolute Gasteiger partial charge is 0.287 e. The summed E-state index contributed by atoms with van der Waals surface area (Å²) in [5.74, 6) is 0.107. The lowest BCUT2D eigenvalue weighted by Gasteiger charge is -2.13. The monoisotopic (exact) mass is 398 g/mol. The van der Waals surface area contributed by atoms with Crippen LogP contribution in [-0.4, -0.2) is 5.78 Å². The molecule has 6 aromatic rings. The number of nitrogens with zero attached hydrogens (tertiary/aromatic N) is 1. The van der Waals surface area contributed by atoms with E-state index >= 15 is 0 Å². The Morgan fingerprint density at radius 3 is 2.10 bits per heavy atom. The molecule has 0 amide bonds. The van der Waals surface area contributed by atoms with Gasteiger partial charge in [0.25, 0.3) is 0 Å². The van der Waals surface area contributed by atoms with Gasteiger partial charge in [-0.2, -0.15) is 4.57 Å². The van der Waals surface area contributed by atoms with E-state index in [-0.39, 0.29) is 5.78 Å². The second-order valence-electron chi connectivity index (χ2n) is 7.97. The van der Waals surface area contributed by atoms with Crippen molar-refractivity contribution < 1.29 is 9.36 Å². The summed E-state index contributed by atoms with van der Waals surface area (Å²) in [5, 5.41) is 7.57. The summed E-state index contributed by atoms with van der Waals surface area (Å²) in [6.07, 6.45) is 1.99. The molecule has 0 saturated heterocycles. The molecule has 5 aromatic carbocycles. The molecule has 2 heteroatoms. The number of hydrogen-bond acceptors (Lipinski definition) is 1. The molecule has 2 nitrogen and oxygen atoms in total. The van der Waals surface area contributed by atoms with Gasteiger partial charge in [-0.05, 0) is 44.5 Å². The second-order valence-corrected chi connectivity index (χ2v) is 7.97. The molecule has 0 N–H and O–H groups in total. The minimum absolute atomic E-state index is 0.107. The average Bonchev–Trinajstić information content (AvgIpc) is 2.83. The predicted octanol–water partition coefficient (Wildman–Crippen LogP) is 6.42. The van der Waals surface area contributed by atoms with Crippen molar-refractivity contribution in [2.75, 3.05) is 0 Å². The van der Waals surface area contributed by atoms with Gasteiger partial charge in [-0.3, -0.25) is 4.79 Å². The van der Waals surface area contributed by atoms with Gasteiger partial charge in [-0.15, -0.1) is 0 Å². The van der Waals surface area contributed by atoms with E-state index in [2.05, 4.69) is 65.2 Å². The summed E-state index contributed by atoms with van der Waals surface area (Å²) >= 11 is 0. The number of rotatable bonds is 4. The Bertz CT molecular complexity index is 1550. The van der Waals surface area contributed by atoms with Gasteiger partial charge in [0, 0.05) is 17.7 Å². The number of Topliss-reactive ketones (excluding diaryl/α,β-unsaturated/α-hetero) is 1. The van der Waals surface area contributed by atoms with Crippen LogP contribution in [0.4, 0.5) is 0 Å². The number of carbonyl (C=O) groups is 1. The van der Waals surface area contributed by atoms with Crippen molar-refractivity contribution in [3.8, 4) is 11.3 Å². The van der Waals surface area contributed by atoms with Crippen LogP contribution in [0.15, 0.2) is 109 Å². The van der Waals surface area contributed by atoms with Gasteiger partial charge in [-0.1, -0.05) is 78.9 Å². The molecule has 31 heavy (non-hydrogen) atoms. The number of carbonyl (C=O) groups excluding carboxylic acids is 1. The molecule has 0 bridgehead atoms. The van der Waals surface area contributed by atoms with E-state index in [4.69, 9.17) is 0 Å². The van der Waals surface area contributed by atoms with E-state index in [9.17, 15) is 4.79 Å². The molecule has 0 radical (unpaired) electrons. The molecule has 0 unspecified atom stereocenters. The first-order chi connectivity index (χ1) is 15.3. The third-order valence-corrected chi connectivity index (χ3v) is 6.15. The summed E-state index contributed by atoms with van der Waals surface area (Å²) < 4.78 is 2.06. The standard InChI is InChI=1S/C29H20NO/c31-27(20-7-2-1-3-8-20)19-30-18-5-4-11-26(30)24-16-14-23-13-12-21-9-6-10-22-15-17-25(24)29(23)28(21)22/h1-18H,19H2/q+1. The molecule has 0 aliphatic rings. The molecule has 146 valence electrons. The minimum Gasteiger partial charge on any atom is -0.287 e. The highest BCUT2D eigenvalue weighted by Crippen LogP contribution is 2.38. The van der Waals surface area contributed by atoms with E-state index in [0.717, 1.165) is 16.8 Å². The number of aromatic nitrogens is 1. The van der Waals surface area contributed by atoms with Crippen LogP contribution in [0.1, 0.15) is 10.4 Å². The molecule has 0 aliphatic carbocycles. The molecule has 0 saturated carbocycles. The molecule has 0 spiro atoms. The summed E-state index contributed by atoms with van der Waals surface area (Å²) in [7, 11) is 0. The number of ketones is 1. The fourth-order valence-corrected chi connectivity index (χ4v) is 4.69. The zero-order chi connectivity index (χ0) is 20.8. The second kappa shape index (κ2) is 7.03. The Kier molecular flexibility index (Phi) is 4.03. The summed E-state index contributed by atoms with van der Waals surface area (Å²) in [6.45, 7) is 0.308. The Hall–Kier alpha value is -4.04. The summed E-state index contributed by atoms with van der Waals surface area (Å²) in [6, 6.07) is 35.3. The Morgan fingerprint density at radius 2 is 1.29 bits per heavy atom. The van der Waals surface area contributed by atoms with Crippen molar-refractivity contribution >= 4 is 38.1 Å². The highest BCUT2D eigenvalue weighted by molar-refractivity contribution is 6.25. The van der Waals surface area contributed by atoms with Gasteiger partial charge in [-0.25, -0.2) is 0 Å². The maximum absolute atomic E-state index is 12.9. The van der Waals surface area contributed by atoms with Crippen LogP contribution < -0.4 is 4.57 Å². The van der Waals surface area contributed by atoms with Crippen LogP contribution in [0, 0.1) is 0 Å². The quantitative estimate of drug-likeness (QED) is 0.191. The first kappa shape index (κ1) is 17.8. The van der Waals surface area contributed by atoms with E-state index in [1.54, 1.807) is 0 Å². The fourth-order valence-electron chi connectivity index (χ4n) is 4.69. The lowest BCUT2D eigenvalue weighted by atomic mass is 9.91. The molecular formula is C29H20NO+. The van der Waals surface area contributed by atoms with E-state index < -0.39 is 0 Å². The van der Waals surface area contributed by atoms with Crippen molar-refractivity contribution in [2.24, 2.45) is 0 Å². The van der Waals surface area contributed by atoms with Gasteiger partial charge in [0.2, 0.25) is 18.0 Å². The van der Waals surface area contributed by atoms with E-state index in [0.29, 0.717) is 6.54 Å². The highest BCUT2D eigenvalue weighted by Gasteiger charge is 2.20. The third-order valence-electron chi connectivity index (χ3n) is 6.15. The van der Waals surface area contributed by atoms with Crippen molar-refractivity contribution in [3.05, 3.63) is 115 Å². The zero-order valence-corrected chi connectivity index (χ0v) is 17.0. The fraction of sp³-hybridized carbons (Fsp3) is 0.0345. The zero-order valence-electron chi connectivity index (χ0n) is 17.0. The SMILES string of the molecule is O=C(C[n+]1ccccc1-c1ccc2ccc3cccc4ccc1c2c34)c1ccccc1. The van der Waals surface area contributed by atoms with Crippen LogP contribution in [0.25, 0.3) is 43.6 Å². The predicted molar refractivity (Wildman–Crippen MR) is 127 cm³/mol. The molecule has 0 atom stereocenters. The van der Waals surface area contributed by atoms with Gasteiger partial charge >= 0.3 is 0 Å². The number of benzene rings is 5. The van der Waals surface area contributed by atoms with Crippen LogP contribution in [0.2, 0.25) is 0 Å². The van der Waals surface area contributed by atoms with Gasteiger partial charge in [0.1, 0.15) is 0 Å². The molecular weight excluding hydrogens is 378 g/mol. The molecule has 0 fully saturated rings. The van der Waals surface area contributed by atoms with Crippen molar-refractivity contribution in [1.29, 1.82) is 0 Å². The molecule has 0 aliphatic heterocycles. The lowest BCUT2D eigenvalue weighted by molar-refractivity contribution is -0.672. The maximum atomic E-state index is 12.9. The van der Waals surface area contributed by atoms with Crippen LogP contribution in [0.3, 0.4) is 0 Å².